The van der Waals surface area contributed by atoms with Crippen LogP contribution in [-0.4, -0.2) is 51.5 Å². The van der Waals surface area contributed by atoms with Crippen LogP contribution in [0.3, 0.4) is 0 Å². The number of fused-ring (bicyclic) bond motifs is 1. The predicted molar refractivity (Wildman–Crippen MR) is 105 cm³/mol. The van der Waals surface area contributed by atoms with Crippen molar-refractivity contribution in [2.24, 2.45) is 5.73 Å². The monoisotopic (exact) mass is 387 g/mol. The van der Waals surface area contributed by atoms with E-state index in [9.17, 15) is 5.11 Å². The molecule has 142 valence electrons. The summed E-state index contributed by atoms with van der Waals surface area (Å²) in [5.74, 6) is 1.54. The van der Waals surface area contributed by atoms with E-state index in [2.05, 4.69) is 15.0 Å². The van der Waals surface area contributed by atoms with Gasteiger partial charge in [-0.15, -0.1) is 0 Å². The van der Waals surface area contributed by atoms with Crippen molar-refractivity contribution in [1.29, 1.82) is 0 Å². The molecular formula is C19H22ClN5O2. The molecule has 1 fully saturated rings. The van der Waals surface area contributed by atoms with Crippen LogP contribution in [0.4, 0.5) is 5.82 Å². The van der Waals surface area contributed by atoms with Crippen LogP contribution in [0.1, 0.15) is 13.3 Å². The quantitative estimate of drug-likeness (QED) is 0.714. The molecule has 4 heterocycles. The van der Waals surface area contributed by atoms with Gasteiger partial charge in [-0.05, 0) is 31.5 Å². The van der Waals surface area contributed by atoms with E-state index >= 15 is 0 Å². The van der Waals surface area contributed by atoms with Crippen molar-refractivity contribution in [3.05, 3.63) is 41.8 Å². The van der Waals surface area contributed by atoms with E-state index in [4.69, 9.17) is 22.1 Å². The maximum atomic E-state index is 10.0. The lowest BCUT2D eigenvalue weighted by Gasteiger charge is -2.34. The molecule has 4 rings (SSSR count). The number of ether oxygens (including phenoxy) is 1. The first kappa shape index (κ1) is 18.0. The lowest BCUT2D eigenvalue weighted by molar-refractivity contribution is 0.131. The van der Waals surface area contributed by atoms with Crippen LogP contribution in [0.15, 0.2) is 36.8 Å². The molecule has 3 aromatic heterocycles. The average Bonchev–Trinajstić information content (AvgIpc) is 3.05. The minimum atomic E-state index is -0.534. The number of β-amino-alcohol motifs (C(OH)–C–C–N with tert-alkyl or cyclic N) is 1. The van der Waals surface area contributed by atoms with E-state index in [1.54, 1.807) is 10.7 Å². The highest BCUT2D eigenvalue weighted by molar-refractivity contribution is 6.34. The molecule has 8 heteroatoms. The number of halogens is 1. The Morgan fingerprint density at radius 2 is 2.22 bits per heavy atom. The van der Waals surface area contributed by atoms with Gasteiger partial charge in [-0.3, -0.25) is 0 Å². The van der Waals surface area contributed by atoms with Gasteiger partial charge in [0.25, 0.3) is 0 Å². The van der Waals surface area contributed by atoms with Gasteiger partial charge in [0.1, 0.15) is 11.6 Å². The molecule has 0 aromatic carbocycles. The lowest BCUT2D eigenvalue weighted by atomic mass is 10.0. The summed E-state index contributed by atoms with van der Waals surface area (Å²) >= 11 is 6.35. The zero-order chi connectivity index (χ0) is 19.0. The van der Waals surface area contributed by atoms with E-state index in [1.165, 1.54) is 0 Å². The SMILES string of the molecule is CCOc1cc(-c2ccc(N3CC[C@H](N)[C@@H](O)C3)nc2)c2c(Cl)cnn2c1. The third-order valence-electron chi connectivity index (χ3n) is 4.87. The Balaban J connectivity index is 1.68. The molecule has 0 saturated carbocycles. The first-order chi connectivity index (χ1) is 13.1. The Hall–Kier alpha value is -2.35. The largest absolute Gasteiger partial charge is 0.492 e. The van der Waals surface area contributed by atoms with Gasteiger partial charge in [-0.25, -0.2) is 9.50 Å². The Kier molecular flexibility index (Phi) is 4.90. The Bertz CT molecular complexity index is 943. The number of pyridine rings is 2. The van der Waals surface area contributed by atoms with E-state index in [1.807, 2.05) is 37.5 Å². The first-order valence-electron chi connectivity index (χ1n) is 9.01. The number of rotatable bonds is 4. The Morgan fingerprint density at radius 1 is 1.37 bits per heavy atom. The smallest absolute Gasteiger partial charge is 0.138 e. The third kappa shape index (κ3) is 3.45. The van der Waals surface area contributed by atoms with Crippen LogP contribution >= 0.6 is 11.6 Å². The zero-order valence-electron chi connectivity index (χ0n) is 15.0. The molecule has 0 aliphatic carbocycles. The molecular weight excluding hydrogens is 366 g/mol. The first-order valence-corrected chi connectivity index (χ1v) is 9.39. The zero-order valence-corrected chi connectivity index (χ0v) is 15.8. The second-order valence-corrected chi connectivity index (χ2v) is 7.09. The van der Waals surface area contributed by atoms with E-state index in [0.717, 1.165) is 41.2 Å². The fraction of sp³-hybridized carbons (Fsp3) is 0.368. The highest BCUT2D eigenvalue weighted by Crippen LogP contribution is 2.33. The topological polar surface area (TPSA) is 88.9 Å². The molecule has 1 aliphatic heterocycles. The maximum absolute atomic E-state index is 10.0. The van der Waals surface area contributed by atoms with Gasteiger partial charge < -0.3 is 20.5 Å². The number of piperidine rings is 1. The fourth-order valence-electron chi connectivity index (χ4n) is 3.42. The summed E-state index contributed by atoms with van der Waals surface area (Å²) in [5.41, 5.74) is 8.52. The Morgan fingerprint density at radius 3 is 2.93 bits per heavy atom. The predicted octanol–water partition coefficient (Wildman–Crippen LogP) is 2.35. The van der Waals surface area contributed by atoms with Crippen LogP contribution in [0, 0.1) is 0 Å². The molecule has 0 spiro atoms. The standard InChI is InChI=1S/C19H22ClN5O2/c1-2-27-13-7-14(19-15(20)9-23-25(19)10-13)12-3-4-18(22-8-12)24-6-5-16(21)17(26)11-24/h3-4,7-10,16-17,26H,2,5-6,11,21H2,1H3/t16-,17-/m0/s1. The number of anilines is 1. The third-order valence-corrected chi connectivity index (χ3v) is 5.15. The summed E-state index contributed by atoms with van der Waals surface area (Å²) in [6, 6.07) is 5.73. The minimum absolute atomic E-state index is 0.167. The summed E-state index contributed by atoms with van der Waals surface area (Å²) in [6.45, 7) is 3.78. The number of nitrogens with two attached hydrogens (primary N) is 1. The van der Waals surface area contributed by atoms with E-state index in [-0.39, 0.29) is 6.04 Å². The van der Waals surface area contributed by atoms with Gasteiger partial charge in [-0.1, -0.05) is 11.6 Å². The van der Waals surface area contributed by atoms with Crippen molar-refractivity contribution in [1.82, 2.24) is 14.6 Å². The highest BCUT2D eigenvalue weighted by atomic mass is 35.5. The van der Waals surface area contributed by atoms with Crippen LogP contribution in [0.25, 0.3) is 16.6 Å². The summed E-state index contributed by atoms with van der Waals surface area (Å²) in [4.78, 5) is 6.65. The molecule has 2 atom stereocenters. The van der Waals surface area contributed by atoms with Gasteiger partial charge in [0, 0.05) is 36.5 Å². The molecule has 0 radical (unpaired) electrons. The number of hydrogen-bond acceptors (Lipinski definition) is 6. The van der Waals surface area contributed by atoms with Gasteiger partial charge in [0.2, 0.25) is 0 Å². The van der Waals surface area contributed by atoms with Crippen molar-refractivity contribution in [3.63, 3.8) is 0 Å². The van der Waals surface area contributed by atoms with Crippen molar-refractivity contribution in [2.75, 3.05) is 24.6 Å². The van der Waals surface area contributed by atoms with Gasteiger partial charge in [-0.2, -0.15) is 5.10 Å². The van der Waals surface area contributed by atoms with E-state index in [0.29, 0.717) is 18.2 Å². The summed E-state index contributed by atoms with van der Waals surface area (Å²) in [7, 11) is 0. The minimum Gasteiger partial charge on any atom is -0.492 e. The van der Waals surface area contributed by atoms with Crippen molar-refractivity contribution in [3.8, 4) is 16.9 Å². The molecule has 3 aromatic rings. The molecule has 1 aliphatic rings. The van der Waals surface area contributed by atoms with Gasteiger partial charge in [0.15, 0.2) is 0 Å². The number of aliphatic hydroxyl groups excluding tert-OH is 1. The van der Waals surface area contributed by atoms with Crippen molar-refractivity contribution in [2.45, 2.75) is 25.5 Å². The lowest BCUT2D eigenvalue weighted by Crippen LogP contribution is -2.50. The van der Waals surface area contributed by atoms with Crippen LogP contribution < -0.4 is 15.4 Å². The second-order valence-electron chi connectivity index (χ2n) is 6.68. The number of aromatic nitrogens is 3. The van der Waals surface area contributed by atoms with Crippen molar-refractivity contribution < 1.29 is 9.84 Å². The van der Waals surface area contributed by atoms with Gasteiger partial charge >= 0.3 is 0 Å². The average molecular weight is 388 g/mol. The fourth-order valence-corrected chi connectivity index (χ4v) is 3.65. The number of nitrogens with zero attached hydrogens (tertiary/aromatic N) is 4. The molecule has 7 nitrogen and oxygen atoms in total. The highest BCUT2D eigenvalue weighted by Gasteiger charge is 2.25. The summed E-state index contributed by atoms with van der Waals surface area (Å²) < 4.78 is 7.38. The molecule has 0 bridgehead atoms. The number of hydrogen-bond donors (Lipinski definition) is 2. The van der Waals surface area contributed by atoms with Gasteiger partial charge in [0.05, 0.1) is 35.6 Å². The normalized spacial score (nSPS) is 20.2. The van der Waals surface area contributed by atoms with E-state index < -0.39 is 6.10 Å². The number of aliphatic hydroxyl groups is 1. The van der Waals surface area contributed by atoms with Crippen LogP contribution in [0.2, 0.25) is 5.02 Å². The molecule has 0 amide bonds. The Labute approximate surface area is 162 Å². The van der Waals surface area contributed by atoms with Crippen LogP contribution in [0.5, 0.6) is 5.75 Å². The maximum Gasteiger partial charge on any atom is 0.138 e. The molecule has 0 unspecified atom stereocenters. The summed E-state index contributed by atoms with van der Waals surface area (Å²) in [6.07, 6.45) is 5.45. The molecule has 27 heavy (non-hydrogen) atoms. The molecule has 1 saturated heterocycles. The van der Waals surface area contributed by atoms with Crippen molar-refractivity contribution >= 4 is 22.9 Å². The second kappa shape index (κ2) is 7.34. The molecule has 3 N–H and O–H groups in total. The van der Waals surface area contributed by atoms with Crippen LogP contribution in [-0.2, 0) is 0 Å². The summed E-state index contributed by atoms with van der Waals surface area (Å²) in [5, 5.41) is 14.9.